The van der Waals surface area contributed by atoms with Gasteiger partial charge >= 0.3 is 0 Å². The molecule has 1 saturated heterocycles. The van der Waals surface area contributed by atoms with E-state index in [4.69, 9.17) is 0 Å². The molecule has 0 bridgehead atoms. The maximum absolute atomic E-state index is 2.63. The van der Waals surface area contributed by atoms with Crippen LogP contribution in [0.3, 0.4) is 0 Å². The summed E-state index contributed by atoms with van der Waals surface area (Å²) in [6.45, 7) is 12.6. The van der Waals surface area contributed by atoms with Gasteiger partial charge in [0.1, 0.15) is 0 Å². The fourth-order valence-electron chi connectivity index (χ4n) is 3.60. The minimum Gasteiger partial charge on any atom is -0.369 e. The molecule has 0 spiro atoms. The van der Waals surface area contributed by atoms with Crippen molar-refractivity contribution in [3.8, 4) is 0 Å². The van der Waals surface area contributed by atoms with E-state index in [9.17, 15) is 0 Å². The molecule has 0 N–H and O–H groups in total. The molecule has 2 nitrogen and oxygen atoms in total. The van der Waals surface area contributed by atoms with E-state index in [0.29, 0.717) is 5.92 Å². The van der Waals surface area contributed by atoms with Gasteiger partial charge in [0.05, 0.1) is 0 Å². The van der Waals surface area contributed by atoms with Gasteiger partial charge in [-0.15, -0.1) is 0 Å². The lowest BCUT2D eigenvalue weighted by atomic mass is 9.97. The van der Waals surface area contributed by atoms with Crippen LogP contribution in [0.4, 0.5) is 5.69 Å². The maximum atomic E-state index is 2.63. The predicted molar refractivity (Wildman–Crippen MR) is 104 cm³/mol. The van der Waals surface area contributed by atoms with Crippen molar-refractivity contribution >= 4 is 5.69 Å². The number of piperazine rings is 1. The van der Waals surface area contributed by atoms with Crippen molar-refractivity contribution in [2.75, 3.05) is 37.6 Å². The standard InChI is InChI=1S/C22H30N2/c1-18-9-10-20(3)22(17-18)24-15-13-23(14-16-24)12-11-19(2)21-7-5-4-6-8-21/h4-10,17,19H,11-16H2,1-3H3/t19-/m1/s1. The number of rotatable bonds is 5. The third kappa shape index (κ3) is 4.18. The Morgan fingerprint density at radius 2 is 1.62 bits per heavy atom. The molecule has 1 heterocycles. The van der Waals surface area contributed by atoms with Crippen molar-refractivity contribution < 1.29 is 0 Å². The van der Waals surface area contributed by atoms with Gasteiger partial charge in [-0.1, -0.05) is 49.4 Å². The van der Waals surface area contributed by atoms with Gasteiger partial charge < -0.3 is 4.90 Å². The smallest absolute Gasteiger partial charge is 0.0399 e. The molecule has 0 saturated carbocycles. The Morgan fingerprint density at radius 1 is 0.917 bits per heavy atom. The zero-order chi connectivity index (χ0) is 16.9. The van der Waals surface area contributed by atoms with Gasteiger partial charge in [0, 0.05) is 31.9 Å². The first-order valence-electron chi connectivity index (χ1n) is 9.23. The van der Waals surface area contributed by atoms with Crippen LogP contribution in [-0.4, -0.2) is 37.6 Å². The second-order valence-corrected chi connectivity index (χ2v) is 7.22. The molecule has 2 heteroatoms. The quantitative estimate of drug-likeness (QED) is 0.792. The number of aryl methyl sites for hydroxylation is 2. The van der Waals surface area contributed by atoms with Crippen LogP contribution in [0.15, 0.2) is 48.5 Å². The van der Waals surface area contributed by atoms with Gasteiger partial charge in [0.25, 0.3) is 0 Å². The first-order chi connectivity index (χ1) is 11.6. The molecule has 0 aliphatic carbocycles. The molecule has 1 fully saturated rings. The maximum Gasteiger partial charge on any atom is 0.0399 e. The fourth-order valence-corrected chi connectivity index (χ4v) is 3.60. The third-order valence-electron chi connectivity index (χ3n) is 5.32. The van der Waals surface area contributed by atoms with Crippen LogP contribution in [0.5, 0.6) is 0 Å². The monoisotopic (exact) mass is 322 g/mol. The largest absolute Gasteiger partial charge is 0.369 e. The van der Waals surface area contributed by atoms with Crippen molar-refractivity contribution in [3.63, 3.8) is 0 Å². The van der Waals surface area contributed by atoms with Gasteiger partial charge in [0.15, 0.2) is 0 Å². The topological polar surface area (TPSA) is 6.48 Å². The minimum atomic E-state index is 0.642. The Kier molecular flexibility index (Phi) is 5.57. The summed E-state index contributed by atoms with van der Waals surface area (Å²) in [6, 6.07) is 17.7. The summed E-state index contributed by atoms with van der Waals surface area (Å²) in [7, 11) is 0. The highest BCUT2D eigenvalue weighted by Crippen LogP contribution is 2.24. The Balaban J connectivity index is 1.49. The molecular formula is C22H30N2. The number of hydrogen-bond acceptors (Lipinski definition) is 2. The second kappa shape index (κ2) is 7.85. The molecule has 1 aliphatic rings. The lowest BCUT2D eigenvalue weighted by molar-refractivity contribution is 0.249. The number of nitrogens with zero attached hydrogens (tertiary/aromatic N) is 2. The molecular weight excluding hydrogens is 292 g/mol. The average Bonchev–Trinajstić information content (AvgIpc) is 2.63. The Hall–Kier alpha value is -1.80. The summed E-state index contributed by atoms with van der Waals surface area (Å²) in [5.74, 6) is 0.642. The van der Waals surface area contributed by atoms with Crippen LogP contribution in [0.1, 0.15) is 36.0 Å². The van der Waals surface area contributed by atoms with Gasteiger partial charge in [-0.2, -0.15) is 0 Å². The molecule has 128 valence electrons. The molecule has 2 aromatic carbocycles. The van der Waals surface area contributed by atoms with E-state index in [1.165, 1.54) is 48.4 Å². The summed E-state index contributed by atoms with van der Waals surface area (Å²) in [6.07, 6.45) is 1.24. The molecule has 3 rings (SSSR count). The molecule has 1 aliphatic heterocycles. The third-order valence-corrected chi connectivity index (χ3v) is 5.32. The summed E-state index contributed by atoms with van der Waals surface area (Å²) in [5, 5.41) is 0. The van der Waals surface area contributed by atoms with Gasteiger partial charge in [0.2, 0.25) is 0 Å². The summed E-state index contributed by atoms with van der Waals surface area (Å²) < 4.78 is 0. The highest BCUT2D eigenvalue weighted by atomic mass is 15.3. The normalized spacial score (nSPS) is 17.0. The zero-order valence-corrected chi connectivity index (χ0v) is 15.3. The van der Waals surface area contributed by atoms with Gasteiger partial charge in [-0.25, -0.2) is 0 Å². The number of hydrogen-bond donors (Lipinski definition) is 0. The van der Waals surface area contributed by atoms with E-state index < -0.39 is 0 Å². The summed E-state index contributed by atoms with van der Waals surface area (Å²) >= 11 is 0. The van der Waals surface area contributed by atoms with Crippen LogP contribution >= 0.6 is 0 Å². The van der Waals surface area contributed by atoms with Gasteiger partial charge in [-0.05, 0) is 55.5 Å². The molecule has 1 atom stereocenters. The SMILES string of the molecule is Cc1ccc(C)c(N2CCN(CC[C@@H](C)c3ccccc3)CC2)c1. The molecule has 0 aromatic heterocycles. The lowest BCUT2D eigenvalue weighted by Gasteiger charge is -2.37. The molecule has 0 amide bonds. The lowest BCUT2D eigenvalue weighted by Crippen LogP contribution is -2.47. The van der Waals surface area contributed by atoms with Crippen molar-refractivity contribution in [2.24, 2.45) is 0 Å². The highest BCUT2D eigenvalue weighted by molar-refractivity contribution is 5.55. The van der Waals surface area contributed by atoms with E-state index >= 15 is 0 Å². The van der Waals surface area contributed by atoms with Crippen LogP contribution in [-0.2, 0) is 0 Å². The van der Waals surface area contributed by atoms with Crippen LogP contribution in [0, 0.1) is 13.8 Å². The van der Waals surface area contributed by atoms with E-state index in [2.05, 4.69) is 79.1 Å². The first-order valence-corrected chi connectivity index (χ1v) is 9.23. The summed E-state index contributed by atoms with van der Waals surface area (Å²) in [5.41, 5.74) is 5.64. The minimum absolute atomic E-state index is 0.642. The van der Waals surface area contributed by atoms with Crippen molar-refractivity contribution in [1.82, 2.24) is 4.90 Å². The molecule has 2 aromatic rings. The van der Waals surface area contributed by atoms with Crippen molar-refractivity contribution in [2.45, 2.75) is 33.1 Å². The van der Waals surface area contributed by atoms with Gasteiger partial charge in [-0.3, -0.25) is 4.90 Å². The Bertz CT molecular complexity index is 642. The summed E-state index contributed by atoms with van der Waals surface area (Å²) in [4.78, 5) is 5.18. The first kappa shape index (κ1) is 17.0. The Morgan fingerprint density at radius 3 is 2.33 bits per heavy atom. The van der Waals surface area contributed by atoms with E-state index in [1.54, 1.807) is 0 Å². The molecule has 0 unspecified atom stereocenters. The number of anilines is 1. The van der Waals surface area contributed by atoms with Crippen LogP contribution in [0.25, 0.3) is 0 Å². The van der Waals surface area contributed by atoms with Crippen LogP contribution in [0.2, 0.25) is 0 Å². The van der Waals surface area contributed by atoms with Crippen molar-refractivity contribution in [3.05, 3.63) is 65.2 Å². The highest BCUT2D eigenvalue weighted by Gasteiger charge is 2.19. The second-order valence-electron chi connectivity index (χ2n) is 7.22. The molecule has 0 radical (unpaired) electrons. The van der Waals surface area contributed by atoms with E-state index in [-0.39, 0.29) is 0 Å². The zero-order valence-electron chi connectivity index (χ0n) is 15.3. The van der Waals surface area contributed by atoms with Crippen molar-refractivity contribution in [1.29, 1.82) is 0 Å². The van der Waals surface area contributed by atoms with Crippen LogP contribution < -0.4 is 4.90 Å². The van der Waals surface area contributed by atoms with E-state index in [1.807, 2.05) is 0 Å². The predicted octanol–water partition coefficient (Wildman–Crippen LogP) is 4.62. The fraction of sp³-hybridized carbons (Fsp3) is 0.455. The average molecular weight is 322 g/mol. The number of benzene rings is 2. The Labute approximate surface area is 147 Å². The van der Waals surface area contributed by atoms with E-state index in [0.717, 1.165) is 13.1 Å². The molecule has 24 heavy (non-hydrogen) atoms.